The van der Waals surface area contributed by atoms with Crippen LogP contribution in [0.25, 0.3) is 23.0 Å². The lowest BCUT2D eigenvalue weighted by Crippen LogP contribution is -2.39. The van der Waals surface area contributed by atoms with E-state index in [1.54, 1.807) is 35.2 Å². The van der Waals surface area contributed by atoms with Crippen LogP contribution in [0.5, 0.6) is 0 Å². The van der Waals surface area contributed by atoms with E-state index < -0.39 is 12.0 Å². The van der Waals surface area contributed by atoms with Crippen LogP contribution in [0.2, 0.25) is 10.0 Å². The summed E-state index contributed by atoms with van der Waals surface area (Å²) in [7, 11) is 0. The fraction of sp³-hybridized carbons (Fsp3) is 0.152. The summed E-state index contributed by atoms with van der Waals surface area (Å²) < 4.78 is 9.20. The maximum Gasteiger partial charge on any atom is 0.338 e. The molecule has 3 heterocycles. The largest absolute Gasteiger partial charge is 0.463 e. The van der Waals surface area contributed by atoms with Crippen molar-refractivity contribution < 1.29 is 9.53 Å². The number of thiazole rings is 1. The van der Waals surface area contributed by atoms with Gasteiger partial charge >= 0.3 is 5.97 Å². The van der Waals surface area contributed by atoms with E-state index in [2.05, 4.69) is 4.99 Å². The molecule has 0 N–H and O–H groups in total. The molecule has 0 bridgehead atoms. The Balaban J connectivity index is 1.57. The van der Waals surface area contributed by atoms with E-state index in [0.717, 1.165) is 22.4 Å². The number of ether oxygens (including phenoxy) is 1. The molecule has 0 fully saturated rings. The monoisotopic (exact) mass is 628 g/mol. The van der Waals surface area contributed by atoms with Gasteiger partial charge in [0, 0.05) is 17.3 Å². The zero-order valence-electron chi connectivity index (χ0n) is 23.5. The molecule has 0 saturated carbocycles. The Hall–Kier alpha value is -4.24. The van der Waals surface area contributed by atoms with Gasteiger partial charge in [0.25, 0.3) is 5.56 Å². The standard InChI is InChI=1S/C33H26Cl2N4O3S/c1-4-42-32(41)28-20(3)36-33-39(30(28)21-12-10-19(2)11-13-21)31(40)27(43-33)17-23-18-38(24-8-6-5-7-9-24)37-29(23)22-14-15-25(34)26(35)16-22/h5-18,30H,4H2,1-3H3/b27-17-/t30-/m1/s1. The number of rotatable bonds is 6. The Morgan fingerprint density at radius 1 is 1.02 bits per heavy atom. The van der Waals surface area contributed by atoms with Crippen LogP contribution < -0.4 is 14.9 Å². The lowest BCUT2D eigenvalue weighted by molar-refractivity contribution is -0.139. The number of esters is 1. The maximum absolute atomic E-state index is 14.2. The lowest BCUT2D eigenvalue weighted by Gasteiger charge is -2.24. The smallest absolute Gasteiger partial charge is 0.338 e. The van der Waals surface area contributed by atoms with E-state index in [4.69, 9.17) is 33.0 Å². The van der Waals surface area contributed by atoms with Crippen molar-refractivity contribution in [3.05, 3.63) is 137 Å². The molecule has 3 aromatic carbocycles. The summed E-state index contributed by atoms with van der Waals surface area (Å²) >= 11 is 13.8. The topological polar surface area (TPSA) is 78.5 Å². The van der Waals surface area contributed by atoms with Gasteiger partial charge < -0.3 is 4.74 Å². The number of hydrogen-bond donors (Lipinski definition) is 0. The van der Waals surface area contributed by atoms with Gasteiger partial charge in [-0.05, 0) is 56.7 Å². The van der Waals surface area contributed by atoms with Crippen molar-refractivity contribution in [2.24, 2.45) is 4.99 Å². The summed E-state index contributed by atoms with van der Waals surface area (Å²) in [6, 6.07) is 22.1. The fourth-order valence-electron chi connectivity index (χ4n) is 5.07. The molecule has 43 heavy (non-hydrogen) atoms. The van der Waals surface area contributed by atoms with Crippen molar-refractivity contribution in [1.29, 1.82) is 0 Å². The molecule has 0 unspecified atom stereocenters. The van der Waals surface area contributed by atoms with Crippen LogP contribution in [0.15, 0.2) is 100 Å². The first kappa shape index (κ1) is 28.9. The van der Waals surface area contributed by atoms with Gasteiger partial charge in [0.2, 0.25) is 0 Å². The number of carbonyl (C=O) groups excluding carboxylic acids is 1. The second-order valence-electron chi connectivity index (χ2n) is 10.1. The van der Waals surface area contributed by atoms with Crippen LogP contribution in [-0.2, 0) is 9.53 Å². The van der Waals surface area contributed by atoms with Gasteiger partial charge in [-0.25, -0.2) is 14.5 Å². The van der Waals surface area contributed by atoms with E-state index in [0.29, 0.717) is 41.9 Å². The van der Waals surface area contributed by atoms with Crippen LogP contribution in [0, 0.1) is 6.92 Å². The highest BCUT2D eigenvalue weighted by Crippen LogP contribution is 2.32. The highest BCUT2D eigenvalue weighted by Gasteiger charge is 2.33. The van der Waals surface area contributed by atoms with Crippen LogP contribution in [-0.4, -0.2) is 26.9 Å². The normalized spacial score (nSPS) is 14.9. The van der Waals surface area contributed by atoms with Gasteiger partial charge in [-0.2, -0.15) is 5.10 Å². The Morgan fingerprint density at radius 2 is 1.77 bits per heavy atom. The predicted molar refractivity (Wildman–Crippen MR) is 171 cm³/mol. The summed E-state index contributed by atoms with van der Waals surface area (Å²) in [5, 5.41) is 5.69. The molecule has 1 aliphatic rings. The van der Waals surface area contributed by atoms with Crippen LogP contribution in [0.3, 0.4) is 0 Å². The summed E-state index contributed by atoms with van der Waals surface area (Å²) in [4.78, 5) is 32.5. The molecule has 6 rings (SSSR count). The third-order valence-corrected chi connectivity index (χ3v) is 8.88. The number of fused-ring (bicyclic) bond motifs is 1. The molecule has 2 aromatic heterocycles. The number of aryl methyl sites for hydroxylation is 1. The third kappa shape index (κ3) is 5.49. The molecular weight excluding hydrogens is 603 g/mol. The van der Waals surface area contributed by atoms with Gasteiger partial charge in [-0.3, -0.25) is 9.36 Å². The summed E-state index contributed by atoms with van der Waals surface area (Å²) in [6.07, 6.45) is 3.68. The minimum Gasteiger partial charge on any atom is -0.463 e. The quantitative estimate of drug-likeness (QED) is 0.208. The predicted octanol–water partition coefficient (Wildman–Crippen LogP) is 6.27. The van der Waals surface area contributed by atoms with Crippen molar-refractivity contribution in [2.45, 2.75) is 26.8 Å². The molecule has 0 radical (unpaired) electrons. The molecule has 1 atom stereocenters. The highest BCUT2D eigenvalue weighted by atomic mass is 35.5. The Bertz CT molecular complexity index is 2080. The molecule has 0 amide bonds. The van der Waals surface area contributed by atoms with Gasteiger partial charge in [0.1, 0.15) is 5.69 Å². The van der Waals surface area contributed by atoms with Crippen molar-refractivity contribution in [3.8, 4) is 16.9 Å². The zero-order valence-corrected chi connectivity index (χ0v) is 25.9. The Morgan fingerprint density at radius 3 is 2.47 bits per heavy atom. The van der Waals surface area contributed by atoms with E-state index in [1.807, 2.05) is 79.9 Å². The van der Waals surface area contributed by atoms with E-state index in [9.17, 15) is 9.59 Å². The van der Waals surface area contributed by atoms with Crippen molar-refractivity contribution in [2.75, 3.05) is 6.61 Å². The molecule has 0 spiro atoms. The maximum atomic E-state index is 14.2. The van der Waals surface area contributed by atoms with E-state index >= 15 is 0 Å². The number of halogens is 2. The van der Waals surface area contributed by atoms with Crippen LogP contribution >= 0.6 is 34.5 Å². The first-order chi connectivity index (χ1) is 20.7. The average molecular weight is 630 g/mol. The zero-order chi connectivity index (χ0) is 30.2. The third-order valence-electron chi connectivity index (χ3n) is 7.15. The number of carbonyl (C=O) groups is 1. The Labute approximate surface area is 261 Å². The molecule has 5 aromatic rings. The molecule has 1 aliphatic heterocycles. The number of benzene rings is 3. The van der Waals surface area contributed by atoms with Crippen LogP contribution in [0.4, 0.5) is 0 Å². The summed E-state index contributed by atoms with van der Waals surface area (Å²) in [6.45, 7) is 5.73. The van der Waals surface area contributed by atoms with Crippen molar-refractivity contribution >= 4 is 46.6 Å². The fourth-order valence-corrected chi connectivity index (χ4v) is 6.41. The average Bonchev–Trinajstić information content (AvgIpc) is 3.55. The number of aromatic nitrogens is 3. The van der Waals surface area contributed by atoms with Gasteiger partial charge in [-0.15, -0.1) is 0 Å². The van der Waals surface area contributed by atoms with Crippen molar-refractivity contribution in [1.82, 2.24) is 14.3 Å². The number of hydrogen-bond acceptors (Lipinski definition) is 6. The first-order valence-electron chi connectivity index (χ1n) is 13.6. The highest BCUT2D eigenvalue weighted by molar-refractivity contribution is 7.07. The van der Waals surface area contributed by atoms with Gasteiger partial charge in [-0.1, -0.05) is 88.6 Å². The van der Waals surface area contributed by atoms with Crippen molar-refractivity contribution in [3.63, 3.8) is 0 Å². The minimum atomic E-state index is -0.681. The lowest BCUT2D eigenvalue weighted by atomic mass is 9.95. The minimum absolute atomic E-state index is 0.212. The first-order valence-corrected chi connectivity index (χ1v) is 15.2. The SMILES string of the molecule is CCOC(=O)C1=C(C)N=c2s/c(=C\c3cn(-c4ccccc4)nc3-c3ccc(Cl)c(Cl)c3)c(=O)n2[C@@H]1c1ccc(C)cc1. The summed E-state index contributed by atoms with van der Waals surface area (Å²) in [5.74, 6) is -0.491. The molecule has 0 aliphatic carbocycles. The van der Waals surface area contributed by atoms with E-state index in [1.165, 1.54) is 11.3 Å². The van der Waals surface area contributed by atoms with Crippen LogP contribution in [0.1, 0.15) is 36.6 Å². The molecule has 10 heteroatoms. The van der Waals surface area contributed by atoms with E-state index in [-0.39, 0.29) is 12.2 Å². The Kier molecular flexibility index (Phi) is 7.92. The second kappa shape index (κ2) is 11.8. The molecular formula is C33H26Cl2N4O3S. The molecule has 7 nitrogen and oxygen atoms in total. The number of nitrogens with zero attached hydrogens (tertiary/aromatic N) is 4. The summed E-state index contributed by atoms with van der Waals surface area (Å²) in [5.41, 5.74) is 5.41. The number of allylic oxidation sites excluding steroid dienone is 1. The molecule has 0 saturated heterocycles. The molecule has 216 valence electrons. The number of para-hydroxylation sites is 1. The van der Waals surface area contributed by atoms with Gasteiger partial charge in [0.05, 0.1) is 44.2 Å². The van der Waals surface area contributed by atoms with Gasteiger partial charge in [0.15, 0.2) is 4.80 Å². The second-order valence-corrected chi connectivity index (χ2v) is 11.9.